The van der Waals surface area contributed by atoms with Gasteiger partial charge in [-0.25, -0.2) is 8.42 Å². The molecule has 1 rings (SSSR count). The highest BCUT2D eigenvalue weighted by molar-refractivity contribution is 7.92. The van der Waals surface area contributed by atoms with Crippen LogP contribution in [-0.4, -0.2) is 16.8 Å². The predicted octanol–water partition coefficient (Wildman–Crippen LogP) is 0.368. The SMILES string of the molecule is Cc1ccccc1CS(=O)(=O)O[SH](=O)=O. The fourth-order valence-corrected chi connectivity index (χ4v) is 2.74. The lowest BCUT2D eigenvalue weighted by molar-refractivity contribution is 0.476. The van der Waals surface area contributed by atoms with Crippen molar-refractivity contribution in [3.05, 3.63) is 35.4 Å². The standard InChI is InChI=1S/C8H10O5S2/c1-7-4-2-3-5-8(7)6-15(11,12)13-14(9)10/h2-5,14H,6H2,1H3. The van der Waals surface area contributed by atoms with Crippen molar-refractivity contribution >= 4 is 21.1 Å². The van der Waals surface area contributed by atoms with Crippen LogP contribution in [-0.2, 0) is 30.5 Å². The maximum Gasteiger partial charge on any atom is 0.285 e. The van der Waals surface area contributed by atoms with Gasteiger partial charge in [-0.3, -0.25) is 0 Å². The molecular formula is C8H10O5S2. The normalized spacial score (nSPS) is 11.9. The predicted molar refractivity (Wildman–Crippen MR) is 55.2 cm³/mol. The Morgan fingerprint density at radius 1 is 1.27 bits per heavy atom. The molecule has 0 unspecified atom stereocenters. The molecule has 0 radical (unpaired) electrons. The van der Waals surface area contributed by atoms with E-state index in [1.807, 2.05) is 0 Å². The van der Waals surface area contributed by atoms with Crippen LogP contribution in [0.4, 0.5) is 0 Å². The number of rotatable bonds is 4. The van der Waals surface area contributed by atoms with E-state index in [0.29, 0.717) is 5.56 Å². The maximum atomic E-state index is 11.2. The molecule has 0 atom stereocenters. The van der Waals surface area contributed by atoms with Gasteiger partial charge in [0.15, 0.2) is 0 Å². The Morgan fingerprint density at radius 3 is 2.40 bits per heavy atom. The minimum Gasteiger partial charge on any atom is -0.201 e. The van der Waals surface area contributed by atoms with Crippen LogP contribution >= 0.6 is 0 Å². The zero-order chi connectivity index (χ0) is 11.5. The second kappa shape index (κ2) is 4.73. The van der Waals surface area contributed by atoms with E-state index < -0.39 is 26.9 Å². The van der Waals surface area contributed by atoms with Crippen LogP contribution in [0.25, 0.3) is 0 Å². The summed E-state index contributed by atoms with van der Waals surface area (Å²) in [4.78, 5) is 0. The van der Waals surface area contributed by atoms with Gasteiger partial charge in [-0.15, -0.1) is 3.63 Å². The number of thiol groups is 1. The molecular weight excluding hydrogens is 240 g/mol. The van der Waals surface area contributed by atoms with E-state index in [9.17, 15) is 16.8 Å². The highest BCUT2D eigenvalue weighted by Crippen LogP contribution is 2.12. The fourth-order valence-electron chi connectivity index (χ4n) is 1.08. The van der Waals surface area contributed by atoms with Crippen LogP contribution < -0.4 is 0 Å². The first-order valence-electron chi connectivity index (χ1n) is 4.02. The van der Waals surface area contributed by atoms with Gasteiger partial charge in [0, 0.05) is 0 Å². The van der Waals surface area contributed by atoms with Gasteiger partial charge in [0.25, 0.3) is 21.1 Å². The molecule has 0 aliphatic heterocycles. The number of aryl methyl sites for hydroxylation is 1. The Hall–Kier alpha value is -0.920. The second-order valence-corrected chi connectivity index (χ2v) is 5.37. The molecule has 0 fully saturated rings. The quantitative estimate of drug-likeness (QED) is 0.781. The molecule has 0 bridgehead atoms. The Balaban J connectivity index is 2.92. The number of hydrogen-bond donors (Lipinski definition) is 1. The van der Waals surface area contributed by atoms with Crippen molar-refractivity contribution in [3.63, 3.8) is 0 Å². The minimum atomic E-state index is -4.05. The Morgan fingerprint density at radius 2 is 1.87 bits per heavy atom. The average Bonchev–Trinajstić information content (AvgIpc) is 2.06. The van der Waals surface area contributed by atoms with E-state index in [1.54, 1.807) is 31.2 Å². The zero-order valence-corrected chi connectivity index (χ0v) is 9.62. The van der Waals surface area contributed by atoms with Crippen molar-refractivity contribution in [2.75, 3.05) is 0 Å². The molecule has 1 aromatic rings. The van der Waals surface area contributed by atoms with Crippen LogP contribution in [0.15, 0.2) is 24.3 Å². The van der Waals surface area contributed by atoms with Crippen LogP contribution in [0.3, 0.4) is 0 Å². The van der Waals surface area contributed by atoms with Gasteiger partial charge in [0.1, 0.15) is 5.75 Å². The molecule has 7 heteroatoms. The maximum absolute atomic E-state index is 11.2. The third-order valence-electron chi connectivity index (χ3n) is 1.77. The van der Waals surface area contributed by atoms with Crippen molar-refractivity contribution in [2.24, 2.45) is 0 Å². The van der Waals surface area contributed by atoms with Gasteiger partial charge in [0.05, 0.1) is 0 Å². The molecule has 5 nitrogen and oxygen atoms in total. The summed E-state index contributed by atoms with van der Waals surface area (Å²) in [6, 6.07) is 6.78. The van der Waals surface area contributed by atoms with Crippen LogP contribution in [0.5, 0.6) is 0 Å². The molecule has 0 saturated heterocycles. The fraction of sp³-hybridized carbons (Fsp3) is 0.250. The van der Waals surface area contributed by atoms with Gasteiger partial charge >= 0.3 is 0 Å². The summed E-state index contributed by atoms with van der Waals surface area (Å²) in [6.07, 6.45) is 0. The average molecular weight is 250 g/mol. The van der Waals surface area contributed by atoms with Gasteiger partial charge < -0.3 is 0 Å². The Bertz CT molecular complexity index is 508. The summed E-state index contributed by atoms with van der Waals surface area (Å²) in [5, 5.41) is 0. The summed E-state index contributed by atoms with van der Waals surface area (Å²) >= 11 is 0. The van der Waals surface area contributed by atoms with Gasteiger partial charge in [-0.2, -0.15) is 8.42 Å². The van der Waals surface area contributed by atoms with Gasteiger partial charge in [-0.1, -0.05) is 24.3 Å². The molecule has 0 saturated carbocycles. The van der Waals surface area contributed by atoms with Crippen molar-refractivity contribution in [1.82, 2.24) is 0 Å². The van der Waals surface area contributed by atoms with E-state index in [2.05, 4.69) is 3.63 Å². The molecule has 0 aliphatic carbocycles. The van der Waals surface area contributed by atoms with Gasteiger partial charge in [0.2, 0.25) is 0 Å². The topological polar surface area (TPSA) is 77.5 Å². The van der Waals surface area contributed by atoms with Crippen LogP contribution in [0.1, 0.15) is 11.1 Å². The number of hydrogen-bond acceptors (Lipinski definition) is 5. The second-order valence-electron chi connectivity index (χ2n) is 2.93. The summed E-state index contributed by atoms with van der Waals surface area (Å²) in [5.41, 5.74) is 1.29. The molecule has 0 spiro atoms. The molecule has 1 aromatic carbocycles. The van der Waals surface area contributed by atoms with Crippen molar-refractivity contribution in [2.45, 2.75) is 12.7 Å². The van der Waals surface area contributed by atoms with E-state index in [0.717, 1.165) is 5.56 Å². The first-order valence-corrected chi connectivity index (χ1v) is 6.69. The van der Waals surface area contributed by atoms with Crippen molar-refractivity contribution < 1.29 is 20.5 Å². The van der Waals surface area contributed by atoms with Crippen molar-refractivity contribution in [3.8, 4) is 0 Å². The Kier molecular flexibility index (Phi) is 3.83. The molecule has 0 aliphatic rings. The lowest BCUT2D eigenvalue weighted by atomic mass is 10.1. The monoisotopic (exact) mass is 250 g/mol. The van der Waals surface area contributed by atoms with Gasteiger partial charge in [-0.05, 0) is 18.1 Å². The number of benzene rings is 1. The van der Waals surface area contributed by atoms with E-state index >= 15 is 0 Å². The molecule has 0 aromatic heterocycles. The molecule has 15 heavy (non-hydrogen) atoms. The molecule has 0 heterocycles. The largest absolute Gasteiger partial charge is 0.285 e. The lowest BCUT2D eigenvalue weighted by Gasteiger charge is -2.03. The smallest absolute Gasteiger partial charge is 0.201 e. The molecule has 84 valence electrons. The van der Waals surface area contributed by atoms with E-state index in [-0.39, 0.29) is 0 Å². The highest BCUT2D eigenvalue weighted by atomic mass is 32.3. The van der Waals surface area contributed by atoms with Crippen LogP contribution in [0, 0.1) is 6.92 Å². The first kappa shape index (κ1) is 12.2. The lowest BCUT2D eigenvalue weighted by Crippen LogP contribution is -2.08. The first-order chi connectivity index (χ1) is 6.91. The summed E-state index contributed by atoms with van der Waals surface area (Å²) in [5.74, 6) is -0.441. The minimum absolute atomic E-state index is 0.441. The van der Waals surface area contributed by atoms with Crippen LogP contribution in [0.2, 0.25) is 0 Å². The molecule has 0 amide bonds. The van der Waals surface area contributed by atoms with E-state index in [1.165, 1.54) is 0 Å². The summed E-state index contributed by atoms with van der Waals surface area (Å²) in [6.45, 7) is 1.74. The third-order valence-corrected chi connectivity index (χ3v) is 3.83. The summed E-state index contributed by atoms with van der Waals surface area (Å²) in [7, 11) is -7.43. The highest BCUT2D eigenvalue weighted by Gasteiger charge is 2.15. The zero-order valence-electron chi connectivity index (χ0n) is 7.91. The van der Waals surface area contributed by atoms with E-state index in [4.69, 9.17) is 0 Å². The summed E-state index contributed by atoms with van der Waals surface area (Å²) < 4.78 is 46.4. The molecule has 0 N–H and O–H groups in total. The Labute approximate surface area is 90.0 Å². The third kappa shape index (κ3) is 3.98. The van der Waals surface area contributed by atoms with Crippen molar-refractivity contribution in [1.29, 1.82) is 0 Å².